The van der Waals surface area contributed by atoms with E-state index in [1.54, 1.807) is 4.90 Å². The van der Waals surface area contributed by atoms with Gasteiger partial charge in [-0.1, -0.05) is 0 Å². The number of rotatable bonds is 2. The van der Waals surface area contributed by atoms with E-state index in [0.29, 0.717) is 25.0 Å². The van der Waals surface area contributed by atoms with E-state index in [2.05, 4.69) is 4.98 Å². The molecule has 1 saturated heterocycles. The van der Waals surface area contributed by atoms with Crippen LogP contribution in [-0.2, 0) is 4.74 Å². The third-order valence-corrected chi connectivity index (χ3v) is 7.21. The van der Waals surface area contributed by atoms with Gasteiger partial charge in [0.2, 0.25) is 0 Å². The number of carbonyl (C=O) groups excluding carboxylic acids is 1. The molecule has 34 heavy (non-hydrogen) atoms. The summed E-state index contributed by atoms with van der Waals surface area (Å²) in [6.45, 7) is 10.2. The van der Waals surface area contributed by atoms with Gasteiger partial charge in [0, 0.05) is 36.2 Å². The number of piperidine rings is 1. The van der Waals surface area contributed by atoms with E-state index in [9.17, 15) is 18.0 Å². The Morgan fingerprint density at radius 2 is 1.76 bits per heavy atom. The van der Waals surface area contributed by atoms with Crippen LogP contribution in [0.5, 0.6) is 0 Å². The molecule has 3 heterocycles. The molecule has 2 aromatic rings. The first kappa shape index (κ1) is 24.8. The van der Waals surface area contributed by atoms with Crippen molar-refractivity contribution in [2.24, 2.45) is 5.92 Å². The molecule has 0 N–H and O–H groups in total. The number of fused-ring (bicyclic) bond motifs is 1. The zero-order valence-electron chi connectivity index (χ0n) is 20.7. The fraction of sp³-hybridized carbons (Fsp3) is 0.720. The molecule has 188 valence electrons. The van der Waals surface area contributed by atoms with Crippen LogP contribution in [0.25, 0.3) is 5.65 Å². The Labute approximate surface area is 198 Å². The smallest absolute Gasteiger partial charge is 0.410 e. The molecule has 1 saturated carbocycles. The van der Waals surface area contributed by atoms with Crippen LogP contribution in [-0.4, -0.2) is 50.0 Å². The van der Waals surface area contributed by atoms with Crippen molar-refractivity contribution in [2.75, 3.05) is 6.54 Å². The zero-order valence-corrected chi connectivity index (χ0v) is 20.7. The summed E-state index contributed by atoms with van der Waals surface area (Å²) in [6, 6.07) is 3.86. The lowest BCUT2D eigenvalue weighted by atomic mass is 9.80. The Kier molecular flexibility index (Phi) is 6.59. The summed E-state index contributed by atoms with van der Waals surface area (Å²) in [4.78, 5) is 19.3. The van der Waals surface area contributed by atoms with Gasteiger partial charge in [-0.3, -0.25) is 0 Å². The Morgan fingerprint density at radius 3 is 2.38 bits per heavy atom. The number of nitrogens with zero attached hydrogens (tertiary/aromatic N) is 4. The standard InChI is InChI=1S/C25H35F3N4O2/c1-15-13-21(19-7-6-12-31(16(19)2)23(33)34-24(3,4)5)32-22(29-15)14-20(30-32)17-8-10-18(11-9-17)25(26,27)28/h13-14,16-19H,6-12H2,1-5H3/t16-,17?,18?,19-/m0/s1. The second-order valence-electron chi connectivity index (χ2n) is 10.9. The highest BCUT2D eigenvalue weighted by Crippen LogP contribution is 2.43. The second kappa shape index (κ2) is 9.04. The van der Waals surface area contributed by atoms with E-state index < -0.39 is 17.7 Å². The number of hydrogen-bond acceptors (Lipinski definition) is 4. The van der Waals surface area contributed by atoms with Crippen LogP contribution < -0.4 is 0 Å². The van der Waals surface area contributed by atoms with Crippen LogP contribution in [0.4, 0.5) is 18.0 Å². The lowest BCUT2D eigenvalue weighted by molar-refractivity contribution is -0.182. The van der Waals surface area contributed by atoms with Crippen LogP contribution in [0.2, 0.25) is 0 Å². The maximum absolute atomic E-state index is 13.1. The number of carbonyl (C=O) groups is 1. The highest BCUT2D eigenvalue weighted by Gasteiger charge is 2.42. The molecular weight excluding hydrogens is 445 g/mol. The second-order valence-corrected chi connectivity index (χ2v) is 10.9. The molecule has 0 spiro atoms. The molecule has 2 aliphatic rings. The van der Waals surface area contributed by atoms with E-state index in [0.717, 1.165) is 29.9 Å². The van der Waals surface area contributed by atoms with Gasteiger partial charge in [-0.15, -0.1) is 0 Å². The molecule has 9 heteroatoms. The first-order valence-electron chi connectivity index (χ1n) is 12.3. The van der Waals surface area contributed by atoms with Gasteiger partial charge in [0.05, 0.1) is 17.3 Å². The summed E-state index contributed by atoms with van der Waals surface area (Å²) >= 11 is 0. The van der Waals surface area contributed by atoms with E-state index in [1.807, 2.05) is 51.3 Å². The molecular formula is C25H35F3N4O2. The highest BCUT2D eigenvalue weighted by molar-refractivity contribution is 5.69. The average Bonchev–Trinajstić information content (AvgIpc) is 3.15. The van der Waals surface area contributed by atoms with Crippen molar-refractivity contribution in [3.05, 3.63) is 29.2 Å². The minimum atomic E-state index is -4.12. The van der Waals surface area contributed by atoms with E-state index in [-0.39, 0.29) is 36.8 Å². The topological polar surface area (TPSA) is 59.7 Å². The molecule has 0 radical (unpaired) electrons. The number of aromatic nitrogens is 3. The Balaban J connectivity index is 1.59. The lowest BCUT2D eigenvalue weighted by Crippen LogP contribution is -2.48. The van der Waals surface area contributed by atoms with Gasteiger partial charge in [-0.25, -0.2) is 14.3 Å². The molecule has 1 aliphatic carbocycles. The quantitative estimate of drug-likeness (QED) is 0.501. The fourth-order valence-corrected chi connectivity index (χ4v) is 5.44. The molecule has 0 bridgehead atoms. The number of hydrogen-bond donors (Lipinski definition) is 0. The maximum atomic E-state index is 13.1. The van der Waals surface area contributed by atoms with Crippen LogP contribution >= 0.6 is 0 Å². The largest absolute Gasteiger partial charge is 0.444 e. The highest BCUT2D eigenvalue weighted by atomic mass is 19.4. The van der Waals surface area contributed by atoms with Gasteiger partial charge in [0.25, 0.3) is 0 Å². The van der Waals surface area contributed by atoms with E-state index in [4.69, 9.17) is 9.84 Å². The number of halogens is 3. The Bertz CT molecular complexity index is 1040. The van der Waals surface area contributed by atoms with Crippen LogP contribution in [0.15, 0.2) is 12.1 Å². The summed E-state index contributed by atoms with van der Waals surface area (Å²) in [6.07, 6.45) is -1.42. The summed E-state index contributed by atoms with van der Waals surface area (Å²) in [7, 11) is 0. The molecule has 1 amide bonds. The van der Waals surface area contributed by atoms with Crippen molar-refractivity contribution >= 4 is 11.7 Å². The molecule has 2 atom stereocenters. The van der Waals surface area contributed by atoms with Crippen molar-refractivity contribution in [3.63, 3.8) is 0 Å². The minimum Gasteiger partial charge on any atom is -0.444 e. The van der Waals surface area contributed by atoms with Crippen LogP contribution in [0, 0.1) is 12.8 Å². The predicted molar refractivity (Wildman–Crippen MR) is 123 cm³/mol. The molecule has 1 aliphatic heterocycles. The van der Waals surface area contributed by atoms with E-state index in [1.165, 1.54) is 0 Å². The number of alkyl halides is 3. The lowest BCUT2D eigenvalue weighted by Gasteiger charge is -2.40. The number of amides is 1. The monoisotopic (exact) mass is 480 g/mol. The van der Waals surface area contributed by atoms with Gasteiger partial charge >= 0.3 is 12.3 Å². The number of ether oxygens (including phenoxy) is 1. The normalized spacial score (nSPS) is 26.6. The first-order valence-corrected chi connectivity index (χ1v) is 12.3. The SMILES string of the molecule is Cc1cc([C@H]2CCCN(C(=O)OC(C)(C)C)[C@H]2C)n2nc(C3CCC(C(F)(F)F)CC3)cc2n1. The molecule has 6 nitrogen and oxygen atoms in total. The third-order valence-electron chi connectivity index (χ3n) is 7.21. The van der Waals surface area contributed by atoms with Crippen LogP contribution in [0.1, 0.15) is 95.1 Å². The van der Waals surface area contributed by atoms with Gasteiger partial charge < -0.3 is 9.64 Å². The van der Waals surface area contributed by atoms with Crippen molar-refractivity contribution in [3.8, 4) is 0 Å². The van der Waals surface area contributed by atoms with Gasteiger partial charge in [0.15, 0.2) is 5.65 Å². The molecule has 4 rings (SSSR count). The van der Waals surface area contributed by atoms with Gasteiger partial charge in [0.1, 0.15) is 5.60 Å². The molecule has 0 unspecified atom stereocenters. The van der Waals surface area contributed by atoms with Crippen molar-refractivity contribution in [2.45, 2.75) is 103 Å². The van der Waals surface area contributed by atoms with Crippen molar-refractivity contribution < 1.29 is 22.7 Å². The minimum absolute atomic E-state index is 0.00972. The third kappa shape index (κ3) is 5.18. The summed E-state index contributed by atoms with van der Waals surface area (Å²) in [5.41, 5.74) is 2.80. The van der Waals surface area contributed by atoms with Crippen molar-refractivity contribution in [1.82, 2.24) is 19.5 Å². The Morgan fingerprint density at radius 1 is 1.09 bits per heavy atom. The number of likely N-dealkylation sites (tertiary alicyclic amines) is 1. The Hall–Kier alpha value is -2.32. The summed E-state index contributed by atoms with van der Waals surface area (Å²) < 4.78 is 46.7. The number of aryl methyl sites for hydroxylation is 1. The predicted octanol–water partition coefficient (Wildman–Crippen LogP) is 6.38. The van der Waals surface area contributed by atoms with Gasteiger partial charge in [-0.2, -0.15) is 18.3 Å². The molecule has 2 fully saturated rings. The van der Waals surface area contributed by atoms with Crippen LogP contribution in [0.3, 0.4) is 0 Å². The molecule has 0 aromatic carbocycles. The van der Waals surface area contributed by atoms with Gasteiger partial charge in [-0.05, 0) is 79.2 Å². The molecule has 2 aromatic heterocycles. The first-order chi connectivity index (χ1) is 15.8. The summed E-state index contributed by atoms with van der Waals surface area (Å²) in [5.74, 6) is -1.15. The zero-order chi connectivity index (χ0) is 24.8. The summed E-state index contributed by atoms with van der Waals surface area (Å²) in [5, 5.41) is 4.84. The average molecular weight is 481 g/mol. The van der Waals surface area contributed by atoms with Crippen molar-refractivity contribution in [1.29, 1.82) is 0 Å². The van der Waals surface area contributed by atoms with E-state index >= 15 is 0 Å². The maximum Gasteiger partial charge on any atom is 0.410 e. The fourth-order valence-electron chi connectivity index (χ4n) is 5.44.